The lowest BCUT2D eigenvalue weighted by molar-refractivity contribution is -0.151. The van der Waals surface area contributed by atoms with Crippen LogP contribution in [-0.2, 0) is 20.9 Å². The molecule has 2 unspecified atom stereocenters. The van der Waals surface area contributed by atoms with Crippen molar-refractivity contribution in [1.82, 2.24) is 9.88 Å². The Balaban J connectivity index is 1.34. The summed E-state index contributed by atoms with van der Waals surface area (Å²) in [6, 6.07) is 21.9. The third-order valence-corrected chi connectivity index (χ3v) is 8.17. The normalized spacial score (nSPS) is 14.5. The molecule has 1 aliphatic heterocycles. The van der Waals surface area contributed by atoms with Crippen LogP contribution in [0.3, 0.4) is 0 Å². The van der Waals surface area contributed by atoms with E-state index in [0.29, 0.717) is 40.7 Å². The lowest BCUT2D eigenvalue weighted by Gasteiger charge is -2.35. The van der Waals surface area contributed by atoms with Gasteiger partial charge in [0.05, 0.1) is 18.9 Å². The van der Waals surface area contributed by atoms with Crippen LogP contribution in [0.5, 0.6) is 11.5 Å². The van der Waals surface area contributed by atoms with Crippen LogP contribution < -0.4 is 9.47 Å². The molecule has 6 rings (SSSR count). The van der Waals surface area contributed by atoms with E-state index < -0.39 is 42.6 Å². The molecule has 236 valence electrons. The molecule has 0 fully saturated rings. The van der Waals surface area contributed by atoms with Crippen molar-refractivity contribution in [1.29, 1.82) is 0 Å². The number of amides is 1. The van der Waals surface area contributed by atoms with E-state index >= 15 is 0 Å². The first-order valence-corrected chi connectivity index (χ1v) is 14.9. The summed E-state index contributed by atoms with van der Waals surface area (Å²) in [5.74, 6) is -2.70. The van der Waals surface area contributed by atoms with Crippen LogP contribution in [0.4, 0.5) is 0 Å². The predicted octanol–water partition coefficient (Wildman–Crippen LogP) is 6.47. The van der Waals surface area contributed by atoms with Gasteiger partial charge in [0.1, 0.15) is 16.9 Å². The standard InChI is InChI=1S/C35H32N2O9/c1-21(37(33(38)17-24(35(41)42)18-34(39)40)19-25-15-23-7-2-4-10-28(23)45-25)26(22-13-14-30-31(16-22)44-20-43-30)8-6-12-32-36-27-9-3-5-11-29(27)46-32/h2-7,9-16,21,24,26H,8,17-20H2,1H3,(H,39,40)(H,41,42)/t21?,24-,26?/m1/s1. The molecule has 0 spiro atoms. The van der Waals surface area contributed by atoms with Crippen molar-refractivity contribution in [2.24, 2.45) is 5.92 Å². The van der Waals surface area contributed by atoms with Crippen LogP contribution in [0.15, 0.2) is 87.7 Å². The van der Waals surface area contributed by atoms with Gasteiger partial charge in [-0.3, -0.25) is 14.4 Å². The van der Waals surface area contributed by atoms with E-state index in [0.717, 1.165) is 16.5 Å². The minimum absolute atomic E-state index is 0.0456. The number of allylic oxidation sites excluding steroid dienone is 1. The Bertz CT molecular complexity index is 1860. The third-order valence-electron chi connectivity index (χ3n) is 8.17. The molecule has 1 amide bonds. The van der Waals surface area contributed by atoms with E-state index in [1.807, 2.05) is 85.8 Å². The summed E-state index contributed by atoms with van der Waals surface area (Å²) in [5, 5.41) is 19.9. The summed E-state index contributed by atoms with van der Waals surface area (Å²) in [5.41, 5.74) is 2.92. The first kappa shape index (κ1) is 30.4. The van der Waals surface area contributed by atoms with Gasteiger partial charge in [0, 0.05) is 23.8 Å². The molecule has 3 aromatic carbocycles. The lowest BCUT2D eigenvalue weighted by Crippen LogP contribution is -2.42. The number of carboxylic acids is 2. The predicted molar refractivity (Wildman–Crippen MR) is 167 cm³/mol. The van der Waals surface area contributed by atoms with Gasteiger partial charge in [-0.25, -0.2) is 4.98 Å². The van der Waals surface area contributed by atoms with E-state index in [1.165, 1.54) is 0 Å². The van der Waals surface area contributed by atoms with E-state index in [1.54, 1.807) is 11.0 Å². The Hall–Kier alpha value is -5.58. The number of oxazole rings is 1. The number of benzene rings is 3. The van der Waals surface area contributed by atoms with Crippen molar-refractivity contribution < 1.29 is 42.9 Å². The second kappa shape index (κ2) is 13.2. The fourth-order valence-corrected chi connectivity index (χ4v) is 5.78. The van der Waals surface area contributed by atoms with Gasteiger partial charge in [0.25, 0.3) is 0 Å². The number of carbonyl (C=O) groups is 3. The molecule has 3 heterocycles. The summed E-state index contributed by atoms with van der Waals surface area (Å²) in [6.07, 6.45) is 2.99. The van der Waals surface area contributed by atoms with Gasteiger partial charge >= 0.3 is 11.9 Å². The molecule has 46 heavy (non-hydrogen) atoms. The highest BCUT2D eigenvalue weighted by Crippen LogP contribution is 2.38. The summed E-state index contributed by atoms with van der Waals surface area (Å²) in [7, 11) is 0. The zero-order valence-electron chi connectivity index (χ0n) is 25.0. The van der Waals surface area contributed by atoms with Crippen LogP contribution in [0, 0.1) is 5.92 Å². The molecule has 2 aromatic heterocycles. The van der Waals surface area contributed by atoms with Crippen LogP contribution >= 0.6 is 0 Å². The monoisotopic (exact) mass is 624 g/mol. The fraction of sp³-hybridized carbons (Fsp3) is 0.257. The number of carbonyl (C=O) groups excluding carboxylic acids is 1. The molecule has 0 saturated carbocycles. The minimum atomic E-state index is -1.39. The number of aromatic nitrogens is 1. The lowest BCUT2D eigenvalue weighted by atomic mass is 9.87. The highest BCUT2D eigenvalue weighted by molar-refractivity contribution is 5.85. The third kappa shape index (κ3) is 6.73. The van der Waals surface area contributed by atoms with Crippen molar-refractivity contribution in [2.45, 2.75) is 44.7 Å². The number of carboxylic acid groups (broad SMARTS) is 2. The number of aliphatic carboxylic acids is 2. The van der Waals surface area contributed by atoms with Crippen molar-refractivity contribution in [2.75, 3.05) is 6.79 Å². The van der Waals surface area contributed by atoms with Gasteiger partial charge < -0.3 is 33.4 Å². The maximum atomic E-state index is 14.0. The molecule has 0 aliphatic carbocycles. The Kier molecular flexibility index (Phi) is 8.73. The Morgan fingerprint density at radius 2 is 1.67 bits per heavy atom. The highest BCUT2D eigenvalue weighted by atomic mass is 16.7. The van der Waals surface area contributed by atoms with Crippen molar-refractivity contribution >= 4 is 46.0 Å². The van der Waals surface area contributed by atoms with Gasteiger partial charge in [-0.1, -0.05) is 42.5 Å². The number of furan rings is 1. The van der Waals surface area contributed by atoms with Gasteiger partial charge in [0.15, 0.2) is 17.1 Å². The number of para-hydroxylation sites is 3. The Morgan fingerprint density at radius 1 is 0.913 bits per heavy atom. The van der Waals surface area contributed by atoms with Crippen molar-refractivity contribution in [3.05, 3.63) is 96.1 Å². The SMILES string of the molecule is CC(C(CC=Cc1nc2ccccc2o1)c1ccc2c(c1)OCO2)N(Cc1cc2ccccc2o1)C(=O)C[C@H](CC(=O)O)C(=O)O. The molecular weight excluding hydrogens is 592 g/mol. The average molecular weight is 625 g/mol. The zero-order chi connectivity index (χ0) is 32.2. The molecule has 0 bridgehead atoms. The van der Waals surface area contributed by atoms with Gasteiger partial charge in [0.2, 0.25) is 18.6 Å². The van der Waals surface area contributed by atoms with Crippen molar-refractivity contribution in [3.8, 4) is 11.5 Å². The second-order valence-electron chi connectivity index (χ2n) is 11.2. The fourth-order valence-electron chi connectivity index (χ4n) is 5.78. The summed E-state index contributed by atoms with van der Waals surface area (Å²) in [4.78, 5) is 43.4. The molecule has 11 nitrogen and oxygen atoms in total. The number of hydrogen-bond donors (Lipinski definition) is 2. The first-order valence-electron chi connectivity index (χ1n) is 14.9. The maximum absolute atomic E-state index is 14.0. The molecule has 3 atom stereocenters. The topological polar surface area (TPSA) is 153 Å². The molecule has 2 N–H and O–H groups in total. The summed E-state index contributed by atoms with van der Waals surface area (Å²) < 4.78 is 23.1. The van der Waals surface area contributed by atoms with Crippen LogP contribution in [0.25, 0.3) is 28.1 Å². The van der Waals surface area contributed by atoms with Crippen LogP contribution in [-0.4, -0.2) is 50.8 Å². The average Bonchev–Trinajstić information content (AvgIpc) is 3.78. The van der Waals surface area contributed by atoms with E-state index in [2.05, 4.69) is 4.98 Å². The number of fused-ring (bicyclic) bond motifs is 3. The highest BCUT2D eigenvalue weighted by Gasteiger charge is 2.33. The molecule has 5 aromatic rings. The maximum Gasteiger partial charge on any atom is 0.307 e. The Labute approximate surface area is 263 Å². The molecule has 0 radical (unpaired) electrons. The van der Waals surface area contributed by atoms with E-state index in [-0.39, 0.29) is 19.3 Å². The number of ether oxygens (including phenoxy) is 2. The van der Waals surface area contributed by atoms with E-state index in [4.69, 9.17) is 18.3 Å². The minimum Gasteiger partial charge on any atom is -0.481 e. The largest absolute Gasteiger partial charge is 0.481 e. The van der Waals surface area contributed by atoms with E-state index in [9.17, 15) is 24.6 Å². The summed E-state index contributed by atoms with van der Waals surface area (Å²) in [6.45, 7) is 2.04. The van der Waals surface area contributed by atoms with Crippen molar-refractivity contribution in [3.63, 3.8) is 0 Å². The van der Waals surface area contributed by atoms with Gasteiger partial charge in [-0.05, 0) is 61.4 Å². The quantitative estimate of drug-likeness (QED) is 0.149. The second-order valence-corrected chi connectivity index (χ2v) is 11.2. The number of rotatable bonds is 13. The molecular formula is C35H32N2O9. The first-order chi connectivity index (χ1) is 22.2. The number of nitrogens with zero attached hydrogens (tertiary/aromatic N) is 2. The Morgan fingerprint density at radius 3 is 2.43 bits per heavy atom. The molecule has 1 aliphatic rings. The van der Waals surface area contributed by atoms with Gasteiger partial charge in [-0.15, -0.1) is 0 Å². The van der Waals surface area contributed by atoms with Crippen LogP contribution in [0.2, 0.25) is 0 Å². The summed E-state index contributed by atoms with van der Waals surface area (Å²) >= 11 is 0. The van der Waals surface area contributed by atoms with Gasteiger partial charge in [-0.2, -0.15) is 0 Å². The molecule has 0 saturated heterocycles. The zero-order valence-corrected chi connectivity index (χ0v) is 25.0. The number of hydrogen-bond acceptors (Lipinski definition) is 8. The van der Waals surface area contributed by atoms with Crippen LogP contribution in [0.1, 0.15) is 49.3 Å². The smallest absolute Gasteiger partial charge is 0.307 e. The molecule has 11 heteroatoms.